The van der Waals surface area contributed by atoms with Gasteiger partial charge < -0.3 is 14.4 Å². The van der Waals surface area contributed by atoms with Gasteiger partial charge in [0.25, 0.3) is 5.91 Å². The van der Waals surface area contributed by atoms with E-state index >= 15 is 0 Å². The Hall–Kier alpha value is -3.77. The van der Waals surface area contributed by atoms with Gasteiger partial charge in [-0.2, -0.15) is 5.10 Å². The molecule has 0 aliphatic carbocycles. The number of aromatic nitrogens is 2. The van der Waals surface area contributed by atoms with Gasteiger partial charge in [0.2, 0.25) is 0 Å². The van der Waals surface area contributed by atoms with Crippen molar-refractivity contribution in [1.29, 1.82) is 0 Å². The quantitative estimate of drug-likeness (QED) is 0.289. The summed E-state index contributed by atoms with van der Waals surface area (Å²) >= 11 is 6.13. The third kappa shape index (κ3) is 5.49. The van der Waals surface area contributed by atoms with Crippen LogP contribution in [0.15, 0.2) is 78.9 Å². The maximum atomic E-state index is 13.8. The van der Waals surface area contributed by atoms with Gasteiger partial charge in [0, 0.05) is 29.7 Å². The van der Waals surface area contributed by atoms with E-state index in [1.165, 1.54) is 5.56 Å². The molecular formula is C30H30ClN3O3. The number of piperidine rings is 1. The smallest absolute Gasteiger partial charge is 0.272 e. The van der Waals surface area contributed by atoms with Gasteiger partial charge >= 0.3 is 0 Å². The van der Waals surface area contributed by atoms with Crippen LogP contribution < -0.4 is 9.47 Å². The molecule has 37 heavy (non-hydrogen) atoms. The lowest BCUT2D eigenvalue weighted by atomic mass is 9.90. The van der Waals surface area contributed by atoms with Crippen LogP contribution in [0.4, 0.5) is 0 Å². The summed E-state index contributed by atoms with van der Waals surface area (Å²) in [6.45, 7) is 1.45. The standard InChI is InChI=1S/C30H30ClN3O3/c1-36-25-12-13-26(29(19-25)37-2)27-20-28(34(32-27)24-10-8-23(31)9-11-24)30(35)33-16-14-22(15-17-33)18-21-6-4-3-5-7-21/h3-13,19-20,22H,14-18H2,1-2H3. The van der Waals surface area contributed by atoms with E-state index in [9.17, 15) is 4.79 Å². The van der Waals surface area contributed by atoms with Gasteiger partial charge in [-0.15, -0.1) is 0 Å². The predicted molar refractivity (Wildman–Crippen MR) is 146 cm³/mol. The Morgan fingerprint density at radius 2 is 1.68 bits per heavy atom. The lowest BCUT2D eigenvalue weighted by molar-refractivity contribution is 0.0681. The fraction of sp³-hybridized carbons (Fsp3) is 0.267. The highest BCUT2D eigenvalue weighted by Gasteiger charge is 2.28. The van der Waals surface area contributed by atoms with Crippen molar-refractivity contribution in [2.24, 2.45) is 5.92 Å². The van der Waals surface area contributed by atoms with Crippen LogP contribution in [0.3, 0.4) is 0 Å². The molecule has 0 atom stereocenters. The molecule has 3 aromatic carbocycles. The summed E-state index contributed by atoms with van der Waals surface area (Å²) in [5.41, 5.74) is 4.07. The molecule has 2 heterocycles. The van der Waals surface area contributed by atoms with Gasteiger partial charge in [0.05, 0.1) is 25.6 Å². The van der Waals surface area contributed by atoms with Crippen molar-refractivity contribution in [2.45, 2.75) is 19.3 Å². The third-order valence-electron chi connectivity index (χ3n) is 6.95. The molecule has 0 radical (unpaired) electrons. The Kier molecular flexibility index (Phi) is 7.47. The molecule has 190 valence electrons. The zero-order chi connectivity index (χ0) is 25.8. The number of hydrogen-bond acceptors (Lipinski definition) is 4. The molecule has 1 amide bonds. The monoisotopic (exact) mass is 515 g/mol. The van der Waals surface area contributed by atoms with E-state index in [2.05, 4.69) is 24.3 Å². The number of ether oxygens (including phenoxy) is 2. The fourth-order valence-electron chi connectivity index (χ4n) is 4.90. The highest BCUT2D eigenvalue weighted by molar-refractivity contribution is 6.30. The molecule has 5 rings (SSSR count). The number of hydrogen-bond donors (Lipinski definition) is 0. The number of benzene rings is 3. The van der Waals surface area contributed by atoms with Crippen LogP contribution in [-0.4, -0.2) is 47.9 Å². The van der Waals surface area contributed by atoms with Crippen molar-refractivity contribution in [3.63, 3.8) is 0 Å². The highest BCUT2D eigenvalue weighted by Crippen LogP contribution is 2.34. The summed E-state index contributed by atoms with van der Waals surface area (Å²) in [5, 5.41) is 5.46. The molecule has 1 saturated heterocycles. The lowest BCUT2D eigenvalue weighted by Crippen LogP contribution is -2.39. The molecule has 6 nitrogen and oxygen atoms in total. The number of halogens is 1. The fourth-order valence-corrected chi connectivity index (χ4v) is 5.03. The summed E-state index contributed by atoms with van der Waals surface area (Å²) < 4.78 is 12.7. The van der Waals surface area contributed by atoms with E-state index in [1.54, 1.807) is 31.0 Å². The molecule has 4 aromatic rings. The predicted octanol–water partition coefficient (Wildman–Crippen LogP) is 6.30. The lowest BCUT2D eigenvalue weighted by Gasteiger charge is -2.32. The van der Waals surface area contributed by atoms with Crippen LogP contribution in [0.5, 0.6) is 11.5 Å². The first-order chi connectivity index (χ1) is 18.1. The Labute approximate surface area is 222 Å². The average Bonchev–Trinajstić information content (AvgIpc) is 3.39. The van der Waals surface area contributed by atoms with E-state index in [-0.39, 0.29) is 5.91 Å². The summed E-state index contributed by atoms with van der Waals surface area (Å²) in [6, 6.07) is 25.3. The number of methoxy groups -OCH3 is 2. The second kappa shape index (κ2) is 11.1. The summed E-state index contributed by atoms with van der Waals surface area (Å²) in [5.74, 6) is 1.86. The Bertz CT molecular complexity index is 1360. The number of likely N-dealkylation sites (tertiary alicyclic amines) is 1. The third-order valence-corrected chi connectivity index (χ3v) is 7.21. The van der Waals surface area contributed by atoms with E-state index in [0.29, 0.717) is 33.8 Å². The molecular weight excluding hydrogens is 486 g/mol. The van der Waals surface area contributed by atoms with Gasteiger partial charge in [0.15, 0.2) is 0 Å². The SMILES string of the molecule is COc1ccc(-c2cc(C(=O)N3CCC(Cc4ccccc4)CC3)n(-c3ccc(Cl)cc3)n2)c(OC)c1. The van der Waals surface area contributed by atoms with E-state index < -0.39 is 0 Å². The molecule has 1 aliphatic rings. The van der Waals surface area contributed by atoms with Crippen LogP contribution in [0.1, 0.15) is 28.9 Å². The van der Waals surface area contributed by atoms with Gasteiger partial charge in [-0.05, 0) is 73.2 Å². The Morgan fingerprint density at radius 3 is 2.35 bits per heavy atom. The molecule has 1 aromatic heterocycles. The van der Waals surface area contributed by atoms with E-state index in [1.807, 2.05) is 47.4 Å². The normalized spacial score (nSPS) is 14.0. The number of carbonyl (C=O) groups is 1. The first-order valence-electron chi connectivity index (χ1n) is 12.5. The largest absolute Gasteiger partial charge is 0.497 e. The number of rotatable bonds is 7. The topological polar surface area (TPSA) is 56.6 Å². The maximum absolute atomic E-state index is 13.8. The van der Waals surface area contributed by atoms with Crippen LogP contribution in [-0.2, 0) is 6.42 Å². The van der Waals surface area contributed by atoms with Crippen molar-refractivity contribution >= 4 is 17.5 Å². The average molecular weight is 516 g/mol. The van der Waals surface area contributed by atoms with Crippen molar-refractivity contribution in [1.82, 2.24) is 14.7 Å². The van der Waals surface area contributed by atoms with Crippen LogP contribution in [0, 0.1) is 5.92 Å². The first kappa shape index (κ1) is 24.9. The minimum Gasteiger partial charge on any atom is -0.497 e. The van der Waals surface area contributed by atoms with Crippen LogP contribution >= 0.6 is 11.6 Å². The van der Waals surface area contributed by atoms with Crippen molar-refractivity contribution < 1.29 is 14.3 Å². The molecule has 0 unspecified atom stereocenters. The molecule has 1 aliphatic heterocycles. The van der Waals surface area contributed by atoms with E-state index in [0.717, 1.165) is 43.6 Å². The van der Waals surface area contributed by atoms with Crippen molar-refractivity contribution in [3.05, 3.63) is 95.1 Å². The summed E-state index contributed by atoms with van der Waals surface area (Å²) in [7, 11) is 3.23. The Balaban J connectivity index is 1.43. The highest BCUT2D eigenvalue weighted by atomic mass is 35.5. The molecule has 0 N–H and O–H groups in total. The zero-order valence-corrected chi connectivity index (χ0v) is 21.8. The van der Waals surface area contributed by atoms with Crippen molar-refractivity contribution in [3.8, 4) is 28.4 Å². The summed E-state index contributed by atoms with van der Waals surface area (Å²) in [6.07, 6.45) is 3.01. The first-order valence-corrected chi connectivity index (χ1v) is 12.8. The molecule has 0 bridgehead atoms. The van der Waals surface area contributed by atoms with Gasteiger partial charge in [-0.25, -0.2) is 4.68 Å². The van der Waals surface area contributed by atoms with E-state index in [4.69, 9.17) is 26.2 Å². The van der Waals surface area contributed by atoms with Crippen molar-refractivity contribution in [2.75, 3.05) is 27.3 Å². The van der Waals surface area contributed by atoms with Crippen LogP contribution in [0.2, 0.25) is 5.02 Å². The van der Waals surface area contributed by atoms with Gasteiger partial charge in [0.1, 0.15) is 17.2 Å². The number of nitrogens with zero attached hydrogens (tertiary/aromatic N) is 3. The molecule has 0 spiro atoms. The second-order valence-electron chi connectivity index (χ2n) is 9.29. The molecule has 1 fully saturated rings. The number of carbonyl (C=O) groups excluding carboxylic acids is 1. The minimum absolute atomic E-state index is 0.0284. The van der Waals surface area contributed by atoms with Gasteiger partial charge in [-0.1, -0.05) is 41.9 Å². The second-order valence-corrected chi connectivity index (χ2v) is 9.73. The molecule has 0 saturated carbocycles. The molecule has 7 heteroatoms. The van der Waals surface area contributed by atoms with Gasteiger partial charge in [-0.3, -0.25) is 4.79 Å². The minimum atomic E-state index is -0.0284. The maximum Gasteiger partial charge on any atom is 0.272 e. The van der Waals surface area contributed by atoms with Crippen LogP contribution in [0.25, 0.3) is 16.9 Å². The zero-order valence-electron chi connectivity index (χ0n) is 21.1. The summed E-state index contributed by atoms with van der Waals surface area (Å²) in [4.78, 5) is 15.8. The number of amides is 1. The Morgan fingerprint density at radius 1 is 0.946 bits per heavy atom.